The van der Waals surface area contributed by atoms with Crippen LogP contribution in [0.15, 0.2) is 0 Å². The number of carbonyl (C=O) groups excluding carboxylic acids is 1. The van der Waals surface area contributed by atoms with Crippen molar-refractivity contribution in [1.29, 1.82) is 0 Å². The first-order valence-corrected chi connectivity index (χ1v) is 4.04. The standard InChI is InChI=1S/C8H15NO2/c1-6-3-4-7(10)5-9(2)8(6)11/h6-7,10H,3-5H2,1-2H3/t6?,7-/m0/s1. The quantitative estimate of drug-likeness (QED) is 0.547. The number of amides is 1. The van der Waals surface area contributed by atoms with Crippen molar-refractivity contribution in [3.63, 3.8) is 0 Å². The van der Waals surface area contributed by atoms with Gasteiger partial charge in [0.15, 0.2) is 0 Å². The number of hydrogen-bond donors (Lipinski definition) is 1. The number of rotatable bonds is 0. The third-order valence-corrected chi connectivity index (χ3v) is 2.22. The minimum absolute atomic E-state index is 0.0807. The Balaban J connectivity index is 2.61. The van der Waals surface area contributed by atoms with Crippen LogP contribution in [0.2, 0.25) is 0 Å². The van der Waals surface area contributed by atoms with E-state index >= 15 is 0 Å². The van der Waals surface area contributed by atoms with Gasteiger partial charge in [-0.1, -0.05) is 6.92 Å². The third-order valence-electron chi connectivity index (χ3n) is 2.22. The summed E-state index contributed by atoms with van der Waals surface area (Å²) in [6, 6.07) is 0. The average Bonchev–Trinajstić information content (AvgIpc) is 2.05. The van der Waals surface area contributed by atoms with E-state index in [0.29, 0.717) is 6.54 Å². The molecule has 1 aliphatic rings. The molecule has 0 spiro atoms. The molecule has 1 heterocycles. The second-order valence-corrected chi connectivity index (χ2v) is 3.35. The Labute approximate surface area is 67.0 Å². The average molecular weight is 157 g/mol. The van der Waals surface area contributed by atoms with E-state index in [1.165, 1.54) is 0 Å². The summed E-state index contributed by atoms with van der Waals surface area (Å²) in [5.41, 5.74) is 0. The second kappa shape index (κ2) is 3.22. The molecule has 1 N–H and O–H groups in total. The maximum atomic E-state index is 11.3. The predicted molar refractivity (Wildman–Crippen MR) is 42.0 cm³/mol. The van der Waals surface area contributed by atoms with E-state index in [4.69, 9.17) is 0 Å². The molecule has 0 bridgehead atoms. The number of carbonyl (C=O) groups is 1. The van der Waals surface area contributed by atoms with Gasteiger partial charge in [0.25, 0.3) is 0 Å². The highest BCUT2D eigenvalue weighted by molar-refractivity contribution is 5.78. The lowest BCUT2D eigenvalue weighted by Gasteiger charge is -2.17. The van der Waals surface area contributed by atoms with Crippen molar-refractivity contribution in [2.24, 2.45) is 5.92 Å². The van der Waals surface area contributed by atoms with Crippen molar-refractivity contribution in [3.8, 4) is 0 Å². The first-order valence-electron chi connectivity index (χ1n) is 4.04. The molecule has 0 saturated carbocycles. The van der Waals surface area contributed by atoms with Gasteiger partial charge in [-0.3, -0.25) is 4.79 Å². The fraction of sp³-hybridized carbons (Fsp3) is 0.875. The van der Waals surface area contributed by atoms with Gasteiger partial charge in [0, 0.05) is 19.5 Å². The van der Waals surface area contributed by atoms with Gasteiger partial charge in [-0.2, -0.15) is 0 Å². The maximum absolute atomic E-state index is 11.3. The van der Waals surface area contributed by atoms with Crippen LogP contribution in [0.5, 0.6) is 0 Å². The monoisotopic (exact) mass is 157 g/mol. The van der Waals surface area contributed by atoms with Gasteiger partial charge in [-0.15, -0.1) is 0 Å². The lowest BCUT2D eigenvalue weighted by Crippen LogP contribution is -2.33. The van der Waals surface area contributed by atoms with Crippen LogP contribution in [0, 0.1) is 5.92 Å². The van der Waals surface area contributed by atoms with Crippen molar-refractivity contribution < 1.29 is 9.90 Å². The number of aliphatic hydroxyl groups excluding tert-OH is 1. The fourth-order valence-electron chi connectivity index (χ4n) is 1.44. The van der Waals surface area contributed by atoms with Crippen LogP contribution < -0.4 is 0 Å². The summed E-state index contributed by atoms with van der Waals surface area (Å²) in [4.78, 5) is 12.9. The van der Waals surface area contributed by atoms with Gasteiger partial charge in [0.2, 0.25) is 5.91 Å². The number of β-amino-alcohol motifs (C(OH)–C–C–N with tert-alkyl or cyclic N) is 1. The summed E-state index contributed by atoms with van der Waals surface area (Å²) in [5.74, 6) is 0.235. The highest BCUT2D eigenvalue weighted by atomic mass is 16.3. The summed E-state index contributed by atoms with van der Waals surface area (Å²) in [7, 11) is 1.74. The van der Waals surface area contributed by atoms with Gasteiger partial charge in [0.1, 0.15) is 0 Å². The largest absolute Gasteiger partial charge is 0.391 e. The number of hydrogen-bond acceptors (Lipinski definition) is 2. The second-order valence-electron chi connectivity index (χ2n) is 3.35. The molecule has 1 unspecified atom stereocenters. The molecule has 1 fully saturated rings. The molecule has 1 aliphatic heterocycles. The number of aliphatic hydroxyl groups is 1. The van der Waals surface area contributed by atoms with Crippen molar-refractivity contribution in [1.82, 2.24) is 4.90 Å². The molecule has 0 aromatic carbocycles. The van der Waals surface area contributed by atoms with Crippen molar-refractivity contribution in [3.05, 3.63) is 0 Å². The number of nitrogens with zero attached hydrogens (tertiary/aromatic N) is 1. The van der Waals surface area contributed by atoms with E-state index < -0.39 is 0 Å². The van der Waals surface area contributed by atoms with E-state index in [0.717, 1.165) is 12.8 Å². The molecule has 11 heavy (non-hydrogen) atoms. The molecule has 0 radical (unpaired) electrons. The van der Waals surface area contributed by atoms with Crippen LogP contribution in [0.3, 0.4) is 0 Å². The Morgan fingerprint density at radius 3 is 2.82 bits per heavy atom. The molecule has 0 aromatic heterocycles. The van der Waals surface area contributed by atoms with Crippen LogP contribution in [-0.2, 0) is 4.79 Å². The van der Waals surface area contributed by atoms with Crippen molar-refractivity contribution in [2.75, 3.05) is 13.6 Å². The molecule has 0 aliphatic carbocycles. The SMILES string of the molecule is CC1CC[C@H](O)CN(C)C1=O. The van der Waals surface area contributed by atoms with Gasteiger partial charge >= 0.3 is 0 Å². The highest BCUT2D eigenvalue weighted by Crippen LogP contribution is 2.15. The van der Waals surface area contributed by atoms with Crippen molar-refractivity contribution in [2.45, 2.75) is 25.9 Å². The molecule has 0 aromatic rings. The van der Waals surface area contributed by atoms with Gasteiger partial charge < -0.3 is 10.0 Å². The van der Waals surface area contributed by atoms with Gasteiger partial charge in [0.05, 0.1) is 6.10 Å². The molecule has 1 rings (SSSR count). The van der Waals surface area contributed by atoms with E-state index in [1.54, 1.807) is 11.9 Å². The van der Waals surface area contributed by atoms with Crippen LogP contribution in [0.4, 0.5) is 0 Å². The summed E-state index contributed by atoms with van der Waals surface area (Å²) >= 11 is 0. The Bertz CT molecular complexity index is 158. The van der Waals surface area contributed by atoms with Crippen LogP contribution in [0.1, 0.15) is 19.8 Å². The van der Waals surface area contributed by atoms with E-state index in [-0.39, 0.29) is 17.9 Å². The number of likely N-dealkylation sites (tertiary alicyclic amines) is 1. The van der Waals surface area contributed by atoms with E-state index in [1.807, 2.05) is 6.92 Å². The number of likely N-dealkylation sites (N-methyl/N-ethyl adjacent to an activating group) is 1. The lowest BCUT2D eigenvalue weighted by molar-refractivity contribution is -0.133. The molecule has 1 saturated heterocycles. The minimum Gasteiger partial charge on any atom is -0.391 e. The van der Waals surface area contributed by atoms with Crippen LogP contribution >= 0.6 is 0 Å². The topological polar surface area (TPSA) is 40.5 Å². The van der Waals surface area contributed by atoms with Crippen molar-refractivity contribution >= 4 is 5.91 Å². The van der Waals surface area contributed by atoms with Gasteiger partial charge in [-0.05, 0) is 12.8 Å². The molecular formula is C8H15NO2. The smallest absolute Gasteiger partial charge is 0.225 e. The minimum atomic E-state index is -0.325. The first-order chi connectivity index (χ1) is 5.11. The Morgan fingerprint density at radius 1 is 1.55 bits per heavy atom. The molecule has 64 valence electrons. The molecular weight excluding hydrogens is 142 g/mol. The zero-order chi connectivity index (χ0) is 8.43. The highest BCUT2D eigenvalue weighted by Gasteiger charge is 2.24. The Morgan fingerprint density at radius 2 is 2.18 bits per heavy atom. The Hall–Kier alpha value is -0.570. The predicted octanol–water partition coefficient (Wildman–Crippen LogP) is 0.236. The lowest BCUT2D eigenvalue weighted by atomic mass is 10.0. The zero-order valence-electron chi connectivity index (χ0n) is 7.08. The molecule has 3 nitrogen and oxygen atoms in total. The third kappa shape index (κ3) is 1.93. The summed E-state index contributed by atoms with van der Waals surface area (Å²) in [6.07, 6.45) is 1.23. The normalized spacial score (nSPS) is 33.7. The zero-order valence-corrected chi connectivity index (χ0v) is 7.08. The molecule has 2 atom stereocenters. The van der Waals surface area contributed by atoms with Crippen LogP contribution in [-0.4, -0.2) is 35.6 Å². The Kier molecular flexibility index (Phi) is 2.49. The van der Waals surface area contributed by atoms with Gasteiger partial charge in [-0.25, -0.2) is 0 Å². The summed E-state index contributed by atoms with van der Waals surface area (Å²) in [6.45, 7) is 2.40. The molecule has 3 heteroatoms. The summed E-state index contributed by atoms with van der Waals surface area (Å²) < 4.78 is 0. The van der Waals surface area contributed by atoms with E-state index in [2.05, 4.69) is 0 Å². The van der Waals surface area contributed by atoms with E-state index in [9.17, 15) is 9.90 Å². The maximum Gasteiger partial charge on any atom is 0.225 e. The van der Waals surface area contributed by atoms with Crippen LogP contribution in [0.25, 0.3) is 0 Å². The fourth-order valence-corrected chi connectivity index (χ4v) is 1.44. The first kappa shape index (κ1) is 8.53. The summed E-state index contributed by atoms with van der Waals surface area (Å²) in [5, 5.41) is 9.30. The molecule has 1 amide bonds.